The normalized spacial score (nSPS) is 14.7. The van der Waals surface area contributed by atoms with E-state index in [-0.39, 0.29) is 5.91 Å². The summed E-state index contributed by atoms with van der Waals surface area (Å²) in [6.45, 7) is 4.98. The number of piperidine rings is 1. The Morgan fingerprint density at radius 1 is 1.07 bits per heavy atom. The average molecular weight is 389 g/mol. The summed E-state index contributed by atoms with van der Waals surface area (Å²) in [5.74, 6) is 2.29. The maximum Gasteiger partial charge on any atom is 0.257 e. The third-order valence-corrected chi connectivity index (χ3v) is 5.52. The lowest BCUT2D eigenvalue weighted by molar-refractivity contribution is 0.0679. The van der Waals surface area contributed by atoms with Crippen molar-refractivity contribution in [3.63, 3.8) is 0 Å². The molecule has 1 amide bonds. The third kappa shape index (κ3) is 4.34. The Bertz CT molecular complexity index is 944. The number of imidazole rings is 1. The van der Waals surface area contributed by atoms with Crippen LogP contribution in [0.2, 0.25) is 0 Å². The molecule has 0 unspecified atom stereocenters. The first-order valence-corrected chi connectivity index (χ1v) is 10.3. The molecule has 1 fully saturated rings. The van der Waals surface area contributed by atoms with Crippen LogP contribution in [-0.2, 0) is 6.54 Å². The Balaban J connectivity index is 1.39. The number of carbonyl (C=O) groups is 1. The van der Waals surface area contributed by atoms with Crippen LogP contribution in [0.4, 0.5) is 0 Å². The topological polar surface area (TPSA) is 47.4 Å². The van der Waals surface area contributed by atoms with Gasteiger partial charge < -0.3 is 14.2 Å². The van der Waals surface area contributed by atoms with Crippen LogP contribution in [0.1, 0.15) is 30.1 Å². The fourth-order valence-corrected chi connectivity index (χ4v) is 4.00. The van der Waals surface area contributed by atoms with Crippen LogP contribution in [0.5, 0.6) is 5.75 Å². The molecule has 0 bridgehead atoms. The minimum absolute atomic E-state index is 0.0695. The van der Waals surface area contributed by atoms with Gasteiger partial charge in [0.1, 0.15) is 11.6 Å². The zero-order valence-corrected chi connectivity index (χ0v) is 16.8. The van der Waals surface area contributed by atoms with Gasteiger partial charge in [-0.15, -0.1) is 0 Å². The van der Waals surface area contributed by atoms with Gasteiger partial charge in [-0.2, -0.15) is 0 Å². The monoisotopic (exact) mass is 389 g/mol. The van der Waals surface area contributed by atoms with Crippen molar-refractivity contribution < 1.29 is 9.53 Å². The van der Waals surface area contributed by atoms with Gasteiger partial charge in [0.25, 0.3) is 5.91 Å². The molecule has 0 spiro atoms. The van der Waals surface area contributed by atoms with Gasteiger partial charge in [-0.25, -0.2) is 4.98 Å². The Labute approximate surface area is 171 Å². The van der Waals surface area contributed by atoms with Gasteiger partial charge in [-0.05, 0) is 37.8 Å². The number of aromatic nitrogens is 2. The number of nitrogens with zero attached hydrogens (tertiary/aromatic N) is 3. The lowest BCUT2D eigenvalue weighted by Gasteiger charge is -2.32. The van der Waals surface area contributed by atoms with Crippen molar-refractivity contribution in [2.45, 2.75) is 26.3 Å². The third-order valence-electron chi connectivity index (χ3n) is 5.52. The van der Waals surface area contributed by atoms with E-state index in [9.17, 15) is 4.79 Å². The summed E-state index contributed by atoms with van der Waals surface area (Å²) in [6, 6.07) is 17.8. The fourth-order valence-electron chi connectivity index (χ4n) is 4.00. The average Bonchev–Trinajstić information content (AvgIpc) is 3.23. The molecule has 4 rings (SSSR count). The van der Waals surface area contributed by atoms with Crippen LogP contribution in [0, 0.1) is 5.92 Å². The van der Waals surface area contributed by atoms with E-state index in [1.807, 2.05) is 60.5 Å². The van der Waals surface area contributed by atoms with Crippen LogP contribution in [0.3, 0.4) is 0 Å². The van der Waals surface area contributed by atoms with Gasteiger partial charge in [-0.3, -0.25) is 4.79 Å². The van der Waals surface area contributed by atoms with Crippen LogP contribution in [0.15, 0.2) is 67.0 Å². The number of hydrogen-bond donors (Lipinski definition) is 0. The molecule has 5 nitrogen and oxygen atoms in total. The Hall–Kier alpha value is -3.08. The Kier molecular flexibility index (Phi) is 5.94. The minimum Gasteiger partial charge on any atom is -0.493 e. The molecule has 1 aliphatic rings. The molecule has 1 aromatic heterocycles. The van der Waals surface area contributed by atoms with Gasteiger partial charge >= 0.3 is 0 Å². The molecule has 29 heavy (non-hydrogen) atoms. The molecule has 2 aromatic carbocycles. The highest BCUT2D eigenvalue weighted by molar-refractivity contribution is 5.97. The molecule has 0 radical (unpaired) electrons. The highest BCUT2D eigenvalue weighted by atomic mass is 16.5. The number of rotatable bonds is 6. The first-order valence-electron chi connectivity index (χ1n) is 10.3. The van der Waals surface area contributed by atoms with Gasteiger partial charge in [-0.1, -0.05) is 42.5 Å². The molecule has 1 aliphatic heterocycles. The zero-order valence-electron chi connectivity index (χ0n) is 16.8. The van der Waals surface area contributed by atoms with E-state index >= 15 is 0 Å². The molecule has 0 saturated carbocycles. The minimum atomic E-state index is 0.0695. The van der Waals surface area contributed by atoms with E-state index in [2.05, 4.69) is 27.9 Å². The van der Waals surface area contributed by atoms with E-state index in [1.165, 1.54) is 0 Å². The summed E-state index contributed by atoms with van der Waals surface area (Å²) in [7, 11) is 0. The van der Waals surface area contributed by atoms with E-state index < -0.39 is 0 Å². The quantitative estimate of drug-likeness (QED) is 0.624. The number of ether oxygens (including phenoxy) is 1. The zero-order chi connectivity index (χ0) is 20.1. The molecule has 150 valence electrons. The van der Waals surface area contributed by atoms with Crippen molar-refractivity contribution in [3.8, 4) is 17.1 Å². The Morgan fingerprint density at radius 3 is 2.55 bits per heavy atom. The lowest BCUT2D eigenvalue weighted by Crippen LogP contribution is -2.39. The SMILES string of the molecule is CCOc1ccccc1C(=O)N1CCC(Cn2ccnc2-c2ccccc2)CC1. The van der Waals surface area contributed by atoms with Crippen LogP contribution in [0.25, 0.3) is 11.4 Å². The molecule has 3 aromatic rings. The van der Waals surface area contributed by atoms with Crippen LogP contribution in [-0.4, -0.2) is 40.1 Å². The second-order valence-electron chi connectivity index (χ2n) is 7.43. The summed E-state index contributed by atoms with van der Waals surface area (Å²) in [5, 5.41) is 0. The first-order chi connectivity index (χ1) is 14.3. The second-order valence-corrected chi connectivity index (χ2v) is 7.43. The van der Waals surface area contributed by atoms with Crippen molar-refractivity contribution in [1.82, 2.24) is 14.5 Å². The van der Waals surface area contributed by atoms with E-state index in [4.69, 9.17) is 4.74 Å². The number of likely N-dealkylation sites (tertiary alicyclic amines) is 1. The van der Waals surface area contributed by atoms with Gasteiger partial charge in [0.15, 0.2) is 0 Å². The Morgan fingerprint density at radius 2 is 1.79 bits per heavy atom. The van der Waals surface area contributed by atoms with Crippen LogP contribution < -0.4 is 4.74 Å². The summed E-state index contributed by atoms with van der Waals surface area (Å²) >= 11 is 0. The van der Waals surface area contributed by atoms with Gasteiger partial charge in [0, 0.05) is 37.6 Å². The summed E-state index contributed by atoms with van der Waals surface area (Å²) in [4.78, 5) is 19.5. The summed E-state index contributed by atoms with van der Waals surface area (Å²) in [6.07, 6.45) is 5.91. The molecular weight excluding hydrogens is 362 g/mol. The second kappa shape index (κ2) is 8.95. The highest BCUT2D eigenvalue weighted by Crippen LogP contribution is 2.26. The lowest BCUT2D eigenvalue weighted by atomic mass is 9.96. The molecule has 2 heterocycles. The van der Waals surface area contributed by atoms with Crippen molar-refractivity contribution in [1.29, 1.82) is 0 Å². The van der Waals surface area contributed by atoms with Crippen molar-refractivity contribution in [2.24, 2.45) is 5.92 Å². The predicted octanol–water partition coefficient (Wildman–Crippen LogP) is 4.50. The van der Waals surface area contributed by atoms with E-state index in [0.717, 1.165) is 43.9 Å². The molecule has 0 aliphatic carbocycles. The molecular formula is C24H27N3O2. The smallest absolute Gasteiger partial charge is 0.257 e. The van der Waals surface area contributed by atoms with Crippen molar-refractivity contribution >= 4 is 5.91 Å². The largest absolute Gasteiger partial charge is 0.493 e. The molecule has 1 saturated heterocycles. The van der Waals surface area contributed by atoms with E-state index in [1.54, 1.807) is 0 Å². The van der Waals surface area contributed by atoms with Gasteiger partial charge in [0.05, 0.1) is 12.2 Å². The fraction of sp³-hybridized carbons (Fsp3) is 0.333. The number of para-hydroxylation sites is 1. The number of benzene rings is 2. The summed E-state index contributed by atoms with van der Waals surface area (Å²) in [5.41, 5.74) is 1.80. The molecule has 0 N–H and O–H groups in total. The van der Waals surface area contributed by atoms with Crippen LogP contribution >= 0.6 is 0 Å². The standard InChI is InChI=1S/C24H27N3O2/c1-2-29-22-11-7-6-10-21(22)24(28)26-15-12-19(13-16-26)18-27-17-14-25-23(27)20-8-4-3-5-9-20/h3-11,14,17,19H,2,12-13,15-16,18H2,1H3. The molecule has 0 atom stereocenters. The summed E-state index contributed by atoms with van der Waals surface area (Å²) < 4.78 is 7.88. The molecule has 5 heteroatoms. The maximum absolute atomic E-state index is 13.0. The predicted molar refractivity (Wildman–Crippen MR) is 114 cm³/mol. The number of amides is 1. The maximum atomic E-state index is 13.0. The van der Waals surface area contributed by atoms with Gasteiger partial charge in [0.2, 0.25) is 0 Å². The first kappa shape index (κ1) is 19.2. The van der Waals surface area contributed by atoms with E-state index in [0.29, 0.717) is 23.8 Å². The van der Waals surface area contributed by atoms with Crippen molar-refractivity contribution in [3.05, 3.63) is 72.6 Å². The highest BCUT2D eigenvalue weighted by Gasteiger charge is 2.26. The number of hydrogen-bond acceptors (Lipinski definition) is 3. The van der Waals surface area contributed by atoms with Crippen molar-refractivity contribution in [2.75, 3.05) is 19.7 Å². The number of carbonyl (C=O) groups excluding carboxylic acids is 1.